The molecule has 1 aliphatic rings. The molecular formula is C28H36F5N5O2S. The molecule has 2 aromatic rings. The lowest BCUT2D eigenvalue weighted by Gasteiger charge is -2.39. The maximum atomic E-state index is 12.6. The topological polar surface area (TPSA) is 70.5 Å². The zero-order chi connectivity index (χ0) is 30.4. The van der Waals surface area contributed by atoms with Crippen LogP contribution in [0.25, 0.3) is 6.08 Å². The quantitative estimate of drug-likeness (QED) is 0.0891. The molecule has 0 bridgehead atoms. The highest BCUT2D eigenvalue weighted by Crippen LogP contribution is 2.97. The van der Waals surface area contributed by atoms with Crippen LogP contribution in [0.1, 0.15) is 39.2 Å². The number of halogens is 5. The highest BCUT2D eigenvalue weighted by molar-refractivity contribution is 8.42. The molecule has 41 heavy (non-hydrogen) atoms. The average molecular weight is 602 g/mol. The fourth-order valence-electron chi connectivity index (χ4n) is 4.19. The van der Waals surface area contributed by atoms with Crippen molar-refractivity contribution >= 4 is 40.1 Å². The van der Waals surface area contributed by atoms with E-state index >= 15 is 0 Å². The van der Waals surface area contributed by atoms with Gasteiger partial charge in [-0.1, -0.05) is 37.6 Å². The minimum absolute atomic E-state index is 0.400. The summed E-state index contributed by atoms with van der Waals surface area (Å²) in [4.78, 5) is 10.8. The number of hydrogen-bond donors (Lipinski definition) is 2. The Bertz CT molecular complexity index is 1340. The number of benzene rings is 2. The Morgan fingerprint density at radius 2 is 1.78 bits per heavy atom. The molecule has 0 amide bonds. The number of nitrogens with zero attached hydrogens (tertiary/aromatic N) is 3. The van der Waals surface area contributed by atoms with Crippen LogP contribution in [0.3, 0.4) is 0 Å². The molecule has 0 atom stereocenters. The third-order valence-corrected chi connectivity index (χ3v) is 6.33. The summed E-state index contributed by atoms with van der Waals surface area (Å²) in [6, 6.07) is 10.0. The first-order valence-electron chi connectivity index (χ1n) is 12.9. The zero-order valence-electron chi connectivity index (χ0n) is 23.6. The lowest BCUT2D eigenvalue weighted by Crippen LogP contribution is -2.50. The van der Waals surface area contributed by atoms with Crippen LogP contribution < -0.4 is 24.5 Å². The minimum atomic E-state index is -10.0. The van der Waals surface area contributed by atoms with Crippen LogP contribution in [0.15, 0.2) is 70.2 Å². The van der Waals surface area contributed by atoms with E-state index in [2.05, 4.69) is 24.8 Å². The Labute approximate surface area is 237 Å². The number of amidine groups is 1. The summed E-state index contributed by atoms with van der Waals surface area (Å²) >= 11 is 0. The first-order chi connectivity index (χ1) is 19.0. The van der Waals surface area contributed by atoms with Crippen molar-refractivity contribution in [2.45, 2.75) is 39.3 Å². The molecular weight excluding hydrogens is 565 g/mol. The first-order valence-corrected chi connectivity index (χ1v) is 14.7. The lowest BCUT2D eigenvalue weighted by atomic mass is 10.0. The van der Waals surface area contributed by atoms with Crippen molar-refractivity contribution in [3.8, 4) is 11.5 Å². The second-order valence-corrected chi connectivity index (χ2v) is 11.9. The lowest BCUT2D eigenvalue weighted by molar-refractivity contribution is 0.243. The van der Waals surface area contributed by atoms with Crippen molar-refractivity contribution in [2.24, 2.45) is 9.98 Å². The van der Waals surface area contributed by atoms with E-state index in [1.54, 1.807) is 20.5 Å². The van der Waals surface area contributed by atoms with E-state index in [0.717, 1.165) is 41.8 Å². The summed E-state index contributed by atoms with van der Waals surface area (Å²) in [5, 5.41) is 6.51. The number of rotatable bonds is 11. The highest BCUT2D eigenvalue weighted by Gasteiger charge is 2.67. The van der Waals surface area contributed by atoms with Crippen molar-refractivity contribution in [3.63, 3.8) is 0 Å². The number of ether oxygens (including phenoxy) is 1. The molecule has 0 fully saturated rings. The predicted octanol–water partition coefficient (Wildman–Crippen LogP) is 8.34. The van der Waals surface area contributed by atoms with Gasteiger partial charge in [-0.2, -0.15) is 0 Å². The van der Waals surface area contributed by atoms with E-state index in [-0.39, 0.29) is 0 Å². The van der Waals surface area contributed by atoms with Gasteiger partial charge >= 0.3 is 10.5 Å². The van der Waals surface area contributed by atoms with Gasteiger partial charge in [-0.3, -0.25) is 9.98 Å². The van der Waals surface area contributed by atoms with Crippen molar-refractivity contribution < 1.29 is 28.3 Å². The summed E-state index contributed by atoms with van der Waals surface area (Å²) in [7, 11) is -6.71. The molecule has 3 rings (SSSR count). The number of methoxy groups -OCH3 is 1. The Hall–Kier alpha value is -3.74. The Balaban J connectivity index is 1.78. The fourth-order valence-corrected chi connectivity index (χ4v) is 4.67. The van der Waals surface area contributed by atoms with Gasteiger partial charge in [-0.15, -0.1) is 0 Å². The SMILES string of the molecule is C/C=C/CN(C=NC)c1ccc(/C=C2\CCCN=C2NC(C)(C)Nc2ccc(OS(F)(F)(F)(F)F)cc2)cc1OC. The summed E-state index contributed by atoms with van der Waals surface area (Å²) in [6.07, 6.45) is 9.42. The third kappa shape index (κ3) is 10.3. The van der Waals surface area contributed by atoms with Crippen LogP contribution in [-0.2, 0) is 0 Å². The molecule has 0 aromatic heterocycles. The van der Waals surface area contributed by atoms with Crippen LogP contribution in [0.4, 0.5) is 30.8 Å². The van der Waals surface area contributed by atoms with Crippen molar-refractivity contribution in [2.75, 3.05) is 37.5 Å². The van der Waals surface area contributed by atoms with Crippen LogP contribution in [-0.4, -0.2) is 45.1 Å². The van der Waals surface area contributed by atoms with Gasteiger partial charge in [-0.25, -0.2) is 0 Å². The molecule has 0 aliphatic carbocycles. The molecule has 0 radical (unpaired) electrons. The Morgan fingerprint density at radius 3 is 2.39 bits per heavy atom. The highest BCUT2D eigenvalue weighted by atomic mass is 32.5. The molecule has 2 aromatic carbocycles. The van der Waals surface area contributed by atoms with Crippen LogP contribution >= 0.6 is 10.5 Å². The van der Waals surface area contributed by atoms with Crippen molar-refractivity contribution in [1.82, 2.24) is 5.32 Å². The van der Waals surface area contributed by atoms with Crippen LogP contribution in [0.5, 0.6) is 11.5 Å². The van der Waals surface area contributed by atoms with Crippen LogP contribution in [0, 0.1) is 0 Å². The standard InChI is InChI=1S/C28H36F5N5O2S/c1-6-7-17-38(20-34-4)25-15-10-21(19-26(25)39-5)18-22-9-8-16-35-27(22)37-28(2,3)36-23-11-13-24(14-12-23)40-41(29,30,31,32)33/h6-7,10-15,18-20,36H,8-9,16-17H2,1-5H3,(H,35,37)/b7-6+,22-18+,34-20?. The smallest absolute Gasteiger partial charge is 0.435 e. The number of aliphatic imine (C=N–C) groups is 2. The van der Waals surface area contributed by atoms with Gasteiger partial charge in [0.25, 0.3) is 0 Å². The average Bonchev–Trinajstić information content (AvgIpc) is 2.87. The van der Waals surface area contributed by atoms with Gasteiger partial charge in [0.05, 0.1) is 19.1 Å². The summed E-state index contributed by atoms with van der Waals surface area (Å²) in [6.45, 7) is 6.88. The zero-order valence-corrected chi connectivity index (χ0v) is 24.5. The molecule has 1 heterocycles. The van der Waals surface area contributed by atoms with Gasteiger partial charge in [0.2, 0.25) is 0 Å². The van der Waals surface area contributed by atoms with Gasteiger partial charge in [0, 0.05) is 25.8 Å². The molecule has 0 spiro atoms. The summed E-state index contributed by atoms with van der Waals surface area (Å²) in [5.74, 6) is 0.367. The van der Waals surface area contributed by atoms with E-state index < -0.39 is 21.9 Å². The van der Waals surface area contributed by atoms with Crippen molar-refractivity contribution in [3.05, 3.63) is 65.8 Å². The van der Waals surface area contributed by atoms with E-state index in [1.165, 1.54) is 12.1 Å². The van der Waals surface area contributed by atoms with E-state index in [1.807, 2.05) is 62.1 Å². The molecule has 0 saturated heterocycles. The number of allylic oxidation sites excluding steroid dienone is 1. The molecule has 13 heteroatoms. The molecule has 226 valence electrons. The monoisotopic (exact) mass is 601 g/mol. The fraction of sp³-hybridized carbons (Fsp3) is 0.357. The van der Waals surface area contributed by atoms with Gasteiger partial charge in [0.1, 0.15) is 23.0 Å². The molecule has 1 aliphatic heterocycles. The second kappa shape index (κ2) is 11.6. The maximum Gasteiger partial charge on any atom is 0.435 e. The number of nitrogens with one attached hydrogen (secondary N) is 2. The van der Waals surface area contributed by atoms with Gasteiger partial charge < -0.3 is 24.5 Å². The second-order valence-electron chi connectivity index (χ2n) is 9.91. The maximum absolute atomic E-state index is 12.6. The largest absolute Gasteiger partial charge is 0.495 e. The summed E-state index contributed by atoms with van der Waals surface area (Å²) < 4.78 is 71.9. The Kier molecular flexibility index (Phi) is 9.02. The third-order valence-electron chi connectivity index (χ3n) is 5.82. The van der Waals surface area contributed by atoms with Gasteiger partial charge in [0.15, 0.2) is 0 Å². The van der Waals surface area contributed by atoms with Crippen molar-refractivity contribution in [1.29, 1.82) is 0 Å². The first kappa shape index (κ1) is 31.8. The number of hydrogen-bond acceptors (Lipinski definition) is 6. The van der Waals surface area contributed by atoms with E-state index in [0.29, 0.717) is 30.4 Å². The van der Waals surface area contributed by atoms with E-state index in [9.17, 15) is 19.4 Å². The minimum Gasteiger partial charge on any atom is -0.495 e. The van der Waals surface area contributed by atoms with Gasteiger partial charge in [-0.05, 0) is 87.2 Å². The normalized spacial score (nSPS) is 17.2. The molecule has 2 N–H and O–H groups in total. The van der Waals surface area contributed by atoms with Crippen LogP contribution in [0.2, 0.25) is 0 Å². The van der Waals surface area contributed by atoms with E-state index in [4.69, 9.17) is 4.74 Å². The Morgan fingerprint density at radius 1 is 1.07 bits per heavy atom. The summed E-state index contributed by atoms with van der Waals surface area (Å²) in [5.41, 5.74) is 2.36. The molecule has 0 saturated carbocycles. The predicted molar refractivity (Wildman–Crippen MR) is 160 cm³/mol. The number of anilines is 2. The molecule has 7 nitrogen and oxygen atoms in total. The molecule has 0 unspecified atom stereocenters.